The number of nitrogens with zero attached hydrogens (tertiary/aromatic N) is 1. The van der Waals surface area contributed by atoms with E-state index in [1.54, 1.807) is 0 Å². The average Bonchev–Trinajstić information content (AvgIpc) is 2.47. The van der Waals surface area contributed by atoms with Crippen molar-refractivity contribution in [1.29, 1.82) is 0 Å². The minimum Gasteiger partial charge on any atom is -0.468 e. The molecule has 21 heavy (non-hydrogen) atoms. The Morgan fingerprint density at radius 1 is 1.48 bits per heavy atom. The lowest BCUT2D eigenvalue weighted by molar-refractivity contribution is -0.137. The standard InChI is InChI=1S/C16H19ClN2O2/c1-10(18-2)15-19-16(11-6-3-4-7-12(11)17)9-5-8-13(21-15)14(16)20/h3-4,6-7,10,13,18H,5,8-9H2,1-2H3. The maximum atomic E-state index is 12.8. The molecule has 1 heterocycles. The summed E-state index contributed by atoms with van der Waals surface area (Å²) in [6, 6.07) is 7.46. The van der Waals surface area contributed by atoms with E-state index in [9.17, 15) is 4.79 Å². The first kappa shape index (κ1) is 14.5. The molecule has 5 heteroatoms. The molecule has 0 saturated heterocycles. The summed E-state index contributed by atoms with van der Waals surface area (Å²) in [7, 11) is 1.85. The number of likely N-dealkylation sites (N-methyl/N-ethyl adjacent to an activating group) is 1. The Bertz CT molecular complexity index is 602. The molecule has 4 nitrogen and oxygen atoms in total. The summed E-state index contributed by atoms with van der Waals surface area (Å²) in [5.41, 5.74) is -0.0783. The van der Waals surface area contributed by atoms with Gasteiger partial charge in [0.05, 0.1) is 6.04 Å². The minimum absolute atomic E-state index is 0.0273. The molecule has 0 aromatic heterocycles. The Labute approximate surface area is 129 Å². The van der Waals surface area contributed by atoms with Gasteiger partial charge in [0.2, 0.25) is 11.7 Å². The predicted molar refractivity (Wildman–Crippen MR) is 82.8 cm³/mol. The van der Waals surface area contributed by atoms with Gasteiger partial charge in [-0.25, -0.2) is 4.99 Å². The Kier molecular flexibility index (Phi) is 3.76. The molecule has 1 aromatic rings. The van der Waals surface area contributed by atoms with E-state index in [2.05, 4.69) is 5.32 Å². The van der Waals surface area contributed by atoms with Crippen molar-refractivity contribution in [3.8, 4) is 0 Å². The average molecular weight is 307 g/mol. The zero-order valence-corrected chi connectivity index (χ0v) is 13.0. The molecule has 0 radical (unpaired) electrons. The molecule has 0 spiro atoms. The second-order valence-electron chi connectivity index (χ2n) is 5.66. The van der Waals surface area contributed by atoms with Crippen molar-refractivity contribution in [2.75, 3.05) is 7.05 Å². The number of fused-ring (bicyclic) bond motifs is 2. The topological polar surface area (TPSA) is 50.7 Å². The van der Waals surface area contributed by atoms with Gasteiger partial charge in [-0.2, -0.15) is 0 Å². The van der Waals surface area contributed by atoms with Gasteiger partial charge in [-0.1, -0.05) is 29.8 Å². The highest BCUT2D eigenvalue weighted by Crippen LogP contribution is 2.44. The van der Waals surface area contributed by atoms with Crippen LogP contribution in [0.1, 0.15) is 31.7 Å². The molecule has 2 bridgehead atoms. The number of ether oxygens (including phenoxy) is 1. The molecule has 1 fully saturated rings. The third-order valence-corrected chi connectivity index (χ3v) is 4.72. The van der Waals surface area contributed by atoms with Crippen molar-refractivity contribution >= 4 is 23.3 Å². The summed E-state index contributed by atoms with van der Waals surface area (Å²) in [6.45, 7) is 1.98. The quantitative estimate of drug-likeness (QED) is 0.934. The van der Waals surface area contributed by atoms with Crippen molar-refractivity contribution in [2.24, 2.45) is 4.99 Å². The monoisotopic (exact) mass is 306 g/mol. The predicted octanol–water partition coefficient (Wildman–Crippen LogP) is 2.69. The Hall–Kier alpha value is -1.39. The van der Waals surface area contributed by atoms with Gasteiger partial charge in [0.25, 0.3) is 0 Å². The van der Waals surface area contributed by atoms with E-state index >= 15 is 0 Å². The summed E-state index contributed by atoms with van der Waals surface area (Å²) in [4.78, 5) is 17.5. The summed E-state index contributed by atoms with van der Waals surface area (Å²) in [5.74, 6) is 0.635. The number of benzene rings is 1. The first-order chi connectivity index (χ1) is 10.1. The molecule has 3 unspecified atom stereocenters. The number of aliphatic imine (C=N–C) groups is 1. The fourth-order valence-electron chi connectivity index (χ4n) is 3.09. The lowest BCUT2D eigenvalue weighted by Gasteiger charge is -2.42. The Morgan fingerprint density at radius 3 is 2.95 bits per heavy atom. The van der Waals surface area contributed by atoms with Gasteiger partial charge in [0, 0.05) is 10.6 Å². The molecule has 1 aromatic carbocycles. The molecule has 1 N–H and O–H groups in total. The van der Waals surface area contributed by atoms with Crippen molar-refractivity contribution in [2.45, 2.75) is 43.9 Å². The second-order valence-corrected chi connectivity index (χ2v) is 6.07. The molecule has 0 amide bonds. The Morgan fingerprint density at radius 2 is 2.24 bits per heavy atom. The first-order valence-corrected chi connectivity index (χ1v) is 7.69. The van der Waals surface area contributed by atoms with E-state index in [-0.39, 0.29) is 11.8 Å². The van der Waals surface area contributed by atoms with E-state index in [1.165, 1.54) is 0 Å². The molecule has 1 aliphatic heterocycles. The highest BCUT2D eigenvalue weighted by atomic mass is 35.5. The van der Waals surface area contributed by atoms with Crippen LogP contribution < -0.4 is 5.32 Å². The maximum absolute atomic E-state index is 12.8. The molecule has 2 aliphatic rings. The smallest absolute Gasteiger partial charge is 0.205 e. The normalized spacial score (nSPS) is 29.6. The second kappa shape index (κ2) is 5.43. The summed E-state index contributed by atoms with van der Waals surface area (Å²) < 4.78 is 5.80. The van der Waals surface area contributed by atoms with Crippen LogP contribution in [0.25, 0.3) is 0 Å². The van der Waals surface area contributed by atoms with Crippen LogP contribution in [0.2, 0.25) is 5.02 Å². The van der Waals surface area contributed by atoms with E-state index in [4.69, 9.17) is 21.3 Å². The van der Waals surface area contributed by atoms with E-state index in [0.717, 1.165) is 18.4 Å². The van der Waals surface area contributed by atoms with Gasteiger partial charge in [0.15, 0.2) is 11.6 Å². The fourth-order valence-corrected chi connectivity index (χ4v) is 3.39. The summed E-state index contributed by atoms with van der Waals surface area (Å²) >= 11 is 6.35. The number of Topliss-reactive ketones (excluding diaryl/α,β-unsaturated/α-hetero) is 1. The number of nitrogens with one attached hydrogen (secondary N) is 1. The molecular weight excluding hydrogens is 288 g/mol. The lowest BCUT2D eigenvalue weighted by atomic mass is 9.74. The summed E-state index contributed by atoms with van der Waals surface area (Å²) in [6.07, 6.45) is 1.95. The van der Waals surface area contributed by atoms with E-state index in [1.807, 2.05) is 38.2 Å². The van der Waals surface area contributed by atoms with E-state index in [0.29, 0.717) is 17.3 Å². The number of rotatable bonds is 3. The Balaban J connectivity index is 2.16. The van der Waals surface area contributed by atoms with Gasteiger partial charge in [-0.05, 0) is 39.3 Å². The first-order valence-electron chi connectivity index (χ1n) is 7.31. The van der Waals surface area contributed by atoms with Crippen molar-refractivity contribution < 1.29 is 9.53 Å². The summed E-state index contributed by atoms with van der Waals surface area (Å²) in [5, 5.41) is 3.71. The number of hydrogen-bond acceptors (Lipinski definition) is 4. The van der Waals surface area contributed by atoms with Crippen molar-refractivity contribution in [1.82, 2.24) is 5.32 Å². The number of halogens is 1. The number of hydrogen-bond donors (Lipinski definition) is 1. The third-order valence-electron chi connectivity index (χ3n) is 4.39. The van der Waals surface area contributed by atoms with Crippen LogP contribution >= 0.6 is 11.6 Å². The molecule has 3 rings (SSSR count). The molecule has 1 aliphatic carbocycles. The minimum atomic E-state index is -0.875. The zero-order chi connectivity index (χ0) is 15.0. The molecular formula is C16H19ClN2O2. The largest absolute Gasteiger partial charge is 0.468 e. The van der Waals surface area contributed by atoms with E-state index < -0.39 is 11.6 Å². The number of carbonyl (C=O) groups is 1. The van der Waals surface area contributed by atoms with Gasteiger partial charge in [-0.15, -0.1) is 0 Å². The van der Waals surface area contributed by atoms with Crippen LogP contribution in [-0.2, 0) is 15.1 Å². The van der Waals surface area contributed by atoms with Crippen LogP contribution in [0.4, 0.5) is 0 Å². The molecule has 3 atom stereocenters. The number of ketones is 1. The van der Waals surface area contributed by atoms with Crippen molar-refractivity contribution in [3.05, 3.63) is 34.9 Å². The zero-order valence-electron chi connectivity index (χ0n) is 12.2. The number of carbonyl (C=O) groups excluding carboxylic acids is 1. The molecule has 1 saturated carbocycles. The van der Waals surface area contributed by atoms with Crippen LogP contribution in [0.5, 0.6) is 0 Å². The van der Waals surface area contributed by atoms with Crippen LogP contribution in [0, 0.1) is 0 Å². The van der Waals surface area contributed by atoms with Crippen molar-refractivity contribution in [3.63, 3.8) is 0 Å². The SMILES string of the molecule is CNC(C)C1=NC2(c3ccccc3Cl)CCCC(O1)C2=O. The molecule has 112 valence electrons. The highest BCUT2D eigenvalue weighted by Gasteiger charge is 2.52. The van der Waals surface area contributed by atoms with Gasteiger partial charge >= 0.3 is 0 Å². The van der Waals surface area contributed by atoms with Crippen LogP contribution in [-0.4, -0.2) is 30.9 Å². The van der Waals surface area contributed by atoms with Gasteiger partial charge < -0.3 is 10.1 Å². The van der Waals surface area contributed by atoms with Crippen LogP contribution in [0.3, 0.4) is 0 Å². The highest BCUT2D eigenvalue weighted by molar-refractivity contribution is 6.32. The van der Waals surface area contributed by atoms with Crippen LogP contribution in [0.15, 0.2) is 29.3 Å². The third kappa shape index (κ3) is 2.27. The van der Waals surface area contributed by atoms with Gasteiger partial charge in [-0.3, -0.25) is 4.79 Å². The fraction of sp³-hybridized carbons (Fsp3) is 0.500. The van der Waals surface area contributed by atoms with Gasteiger partial charge in [0.1, 0.15) is 0 Å². The maximum Gasteiger partial charge on any atom is 0.205 e. The lowest BCUT2D eigenvalue weighted by Crippen LogP contribution is -2.53.